The number of nitrogens with zero attached hydrogens (tertiary/aromatic N) is 2. The molecule has 0 bridgehead atoms. The van der Waals surface area contributed by atoms with Gasteiger partial charge in [0, 0.05) is 11.8 Å². The van der Waals surface area contributed by atoms with Crippen LogP contribution in [0.3, 0.4) is 0 Å². The fraction of sp³-hybridized carbons (Fsp3) is 0.250. The molecule has 1 heterocycles. The first-order valence-electron chi connectivity index (χ1n) is 6.99. The van der Waals surface area contributed by atoms with Crippen molar-refractivity contribution in [2.45, 2.75) is 17.3 Å². The van der Waals surface area contributed by atoms with Gasteiger partial charge >= 0.3 is 0 Å². The summed E-state index contributed by atoms with van der Waals surface area (Å²) in [6.07, 6.45) is 1.62. The van der Waals surface area contributed by atoms with Crippen LogP contribution in [0, 0.1) is 0 Å². The zero-order valence-electron chi connectivity index (χ0n) is 11.8. The predicted octanol–water partition coefficient (Wildman–Crippen LogP) is 4.13. The molecule has 108 valence electrons. The Kier molecular flexibility index (Phi) is 4.85. The van der Waals surface area contributed by atoms with Gasteiger partial charge in [0.1, 0.15) is 6.33 Å². The van der Waals surface area contributed by atoms with E-state index in [1.807, 2.05) is 0 Å². The second kappa shape index (κ2) is 7.02. The van der Waals surface area contributed by atoms with Crippen LogP contribution >= 0.6 is 23.3 Å². The minimum Gasteiger partial charge on any atom is -0.309 e. The maximum atomic E-state index is 4.25. The van der Waals surface area contributed by atoms with Crippen LogP contribution in [0.1, 0.15) is 18.5 Å². The smallest absolute Gasteiger partial charge is 0.169 e. The molecule has 3 nitrogen and oxygen atoms in total. The number of fused-ring (bicyclic) bond motifs is 1. The molecular weight excluding hydrogens is 298 g/mol. The summed E-state index contributed by atoms with van der Waals surface area (Å²) >= 11 is 3.22. The van der Waals surface area contributed by atoms with Gasteiger partial charge in [0.05, 0.1) is 0 Å². The van der Waals surface area contributed by atoms with E-state index in [1.54, 1.807) is 18.1 Å². The fourth-order valence-electron chi connectivity index (χ4n) is 2.44. The van der Waals surface area contributed by atoms with E-state index in [4.69, 9.17) is 0 Å². The molecule has 3 aromatic rings. The number of hydrogen-bond acceptors (Lipinski definition) is 5. The molecule has 5 heteroatoms. The van der Waals surface area contributed by atoms with Crippen LogP contribution in [0.4, 0.5) is 0 Å². The average Bonchev–Trinajstić information content (AvgIpc) is 3.04. The first-order valence-corrected chi connectivity index (χ1v) is 8.75. The summed E-state index contributed by atoms with van der Waals surface area (Å²) in [5, 5.41) is 6.20. The minimum atomic E-state index is 0.315. The van der Waals surface area contributed by atoms with Crippen LogP contribution in [0.2, 0.25) is 0 Å². The van der Waals surface area contributed by atoms with E-state index in [-0.39, 0.29) is 0 Å². The summed E-state index contributed by atoms with van der Waals surface area (Å²) < 4.78 is 5.08. The van der Waals surface area contributed by atoms with Crippen molar-refractivity contribution in [3.05, 3.63) is 54.4 Å². The summed E-state index contributed by atoms with van der Waals surface area (Å²) in [6.45, 7) is 3.10. The van der Waals surface area contributed by atoms with Crippen LogP contribution in [0.5, 0.6) is 0 Å². The van der Waals surface area contributed by atoms with Crippen LogP contribution in [0.15, 0.2) is 53.1 Å². The highest BCUT2D eigenvalue weighted by Gasteiger charge is 2.14. The monoisotopic (exact) mass is 315 g/mol. The maximum absolute atomic E-state index is 4.25. The first kappa shape index (κ1) is 14.5. The van der Waals surface area contributed by atoms with Gasteiger partial charge < -0.3 is 5.32 Å². The number of rotatable bonds is 6. The largest absolute Gasteiger partial charge is 0.309 e. The molecule has 21 heavy (non-hydrogen) atoms. The zero-order valence-corrected chi connectivity index (χ0v) is 13.5. The Hall–Kier alpha value is -1.43. The van der Waals surface area contributed by atoms with Crippen LogP contribution in [-0.4, -0.2) is 21.7 Å². The van der Waals surface area contributed by atoms with E-state index in [2.05, 4.69) is 64.1 Å². The summed E-state index contributed by atoms with van der Waals surface area (Å²) in [5.74, 6) is 0.955. The van der Waals surface area contributed by atoms with Gasteiger partial charge in [-0.2, -0.15) is 4.37 Å². The lowest BCUT2D eigenvalue weighted by molar-refractivity contribution is 0.610. The summed E-state index contributed by atoms with van der Waals surface area (Å²) in [4.78, 5) is 4.25. The topological polar surface area (TPSA) is 37.8 Å². The Bertz CT molecular complexity index is 692. The summed E-state index contributed by atoms with van der Waals surface area (Å²) in [5.41, 5.74) is 1.35. The fourth-order valence-corrected chi connectivity index (χ4v) is 3.99. The number of nitrogens with one attached hydrogen (secondary N) is 1. The normalized spacial score (nSPS) is 12.6. The van der Waals surface area contributed by atoms with E-state index in [9.17, 15) is 0 Å². The Morgan fingerprint density at radius 3 is 2.86 bits per heavy atom. The van der Waals surface area contributed by atoms with Gasteiger partial charge in [-0.05, 0) is 34.4 Å². The minimum absolute atomic E-state index is 0.315. The molecule has 0 spiro atoms. The number of hydrogen-bond donors (Lipinski definition) is 1. The van der Waals surface area contributed by atoms with Gasteiger partial charge in [-0.15, -0.1) is 0 Å². The van der Waals surface area contributed by atoms with Crippen LogP contribution < -0.4 is 5.32 Å². The number of benzene rings is 2. The number of thioether (sulfide) groups is 1. The van der Waals surface area contributed by atoms with Crippen molar-refractivity contribution in [2.75, 3.05) is 12.3 Å². The van der Waals surface area contributed by atoms with Crippen molar-refractivity contribution in [1.29, 1.82) is 0 Å². The lowest BCUT2D eigenvalue weighted by Crippen LogP contribution is -2.23. The molecule has 0 aliphatic carbocycles. The van der Waals surface area contributed by atoms with Crippen molar-refractivity contribution >= 4 is 34.1 Å². The van der Waals surface area contributed by atoms with Gasteiger partial charge in [-0.25, -0.2) is 4.98 Å². The molecule has 3 rings (SSSR count). The lowest BCUT2D eigenvalue weighted by atomic mass is 9.99. The standard InChI is InChI=1S/C16H17N3S2/c1-2-17-15(10-20-16-18-11-19-21-16)14-9-5-7-12-6-3-4-8-13(12)14/h3-9,11,15,17H,2,10H2,1H3. The molecule has 1 aromatic heterocycles. The molecule has 1 atom stereocenters. The lowest BCUT2D eigenvalue weighted by Gasteiger charge is -2.19. The van der Waals surface area contributed by atoms with Crippen molar-refractivity contribution in [1.82, 2.24) is 14.7 Å². The van der Waals surface area contributed by atoms with Gasteiger partial charge in [0.15, 0.2) is 4.34 Å². The van der Waals surface area contributed by atoms with E-state index in [1.165, 1.54) is 27.9 Å². The third-order valence-corrected chi connectivity index (χ3v) is 5.25. The highest BCUT2D eigenvalue weighted by molar-refractivity contribution is 8.00. The second-order valence-electron chi connectivity index (χ2n) is 4.70. The molecule has 2 aromatic carbocycles. The Balaban J connectivity index is 1.88. The molecule has 0 radical (unpaired) electrons. The van der Waals surface area contributed by atoms with Gasteiger partial charge in [0.25, 0.3) is 0 Å². The third-order valence-electron chi connectivity index (χ3n) is 3.36. The SMILES string of the molecule is CCNC(CSc1ncns1)c1cccc2ccccc12. The number of aromatic nitrogens is 2. The van der Waals surface area contributed by atoms with Crippen molar-refractivity contribution in [2.24, 2.45) is 0 Å². The highest BCUT2D eigenvalue weighted by atomic mass is 32.2. The predicted molar refractivity (Wildman–Crippen MR) is 91.0 cm³/mol. The van der Waals surface area contributed by atoms with E-state index in [0.717, 1.165) is 16.6 Å². The van der Waals surface area contributed by atoms with Crippen LogP contribution in [-0.2, 0) is 0 Å². The van der Waals surface area contributed by atoms with Gasteiger partial charge in [0.2, 0.25) is 0 Å². The molecule has 0 aliphatic heterocycles. The molecule has 0 saturated carbocycles. The van der Waals surface area contributed by atoms with Crippen molar-refractivity contribution < 1.29 is 0 Å². The highest BCUT2D eigenvalue weighted by Crippen LogP contribution is 2.29. The van der Waals surface area contributed by atoms with Gasteiger partial charge in [-0.1, -0.05) is 61.2 Å². The summed E-state index contributed by atoms with van der Waals surface area (Å²) in [6, 6.07) is 15.4. The van der Waals surface area contributed by atoms with Crippen molar-refractivity contribution in [3.63, 3.8) is 0 Å². The zero-order chi connectivity index (χ0) is 14.5. The molecule has 0 amide bonds. The molecule has 0 aliphatic rings. The van der Waals surface area contributed by atoms with E-state index >= 15 is 0 Å². The van der Waals surface area contributed by atoms with E-state index < -0.39 is 0 Å². The first-order chi connectivity index (χ1) is 10.4. The van der Waals surface area contributed by atoms with Gasteiger partial charge in [-0.3, -0.25) is 0 Å². The third kappa shape index (κ3) is 3.43. The Morgan fingerprint density at radius 2 is 2.05 bits per heavy atom. The Morgan fingerprint density at radius 1 is 1.19 bits per heavy atom. The Labute approximate surface area is 133 Å². The average molecular weight is 315 g/mol. The molecule has 0 saturated heterocycles. The second-order valence-corrected chi connectivity index (χ2v) is 6.74. The quantitative estimate of drug-likeness (QED) is 0.694. The molecule has 0 fully saturated rings. The maximum Gasteiger partial charge on any atom is 0.169 e. The molecular formula is C16H17N3S2. The van der Waals surface area contributed by atoms with Crippen LogP contribution in [0.25, 0.3) is 10.8 Å². The summed E-state index contributed by atoms with van der Waals surface area (Å²) in [7, 11) is 0. The van der Waals surface area contributed by atoms with Crippen molar-refractivity contribution in [3.8, 4) is 0 Å². The van der Waals surface area contributed by atoms with E-state index in [0.29, 0.717) is 6.04 Å². The molecule has 1 N–H and O–H groups in total. The molecule has 1 unspecified atom stereocenters.